The highest BCUT2D eigenvalue weighted by Crippen LogP contribution is 2.19. The van der Waals surface area contributed by atoms with E-state index in [9.17, 15) is 4.79 Å². The van der Waals surface area contributed by atoms with Crippen molar-refractivity contribution in [3.8, 4) is 0 Å². The first-order valence-corrected chi connectivity index (χ1v) is 4.00. The van der Waals surface area contributed by atoms with Crippen LogP contribution in [-0.4, -0.2) is 10.3 Å². The predicted molar refractivity (Wildman–Crippen MR) is 47.6 cm³/mol. The molecule has 0 unspecified atom stereocenters. The number of carbonyl (C=O) groups is 1. The molecule has 0 atom stereocenters. The average Bonchev–Trinajstić information content (AvgIpc) is 2.03. The van der Waals surface area contributed by atoms with Gasteiger partial charge in [0.2, 0.25) is 0 Å². The van der Waals surface area contributed by atoms with E-state index in [0.717, 1.165) is 0 Å². The van der Waals surface area contributed by atoms with Crippen molar-refractivity contribution in [1.29, 1.82) is 0 Å². The normalized spacial score (nSPS) is 9.92. The van der Waals surface area contributed by atoms with Crippen LogP contribution in [0.5, 0.6) is 0 Å². The number of aliphatic hydroxyl groups excluding tert-OH is 1. The minimum Gasteiger partial charge on any atom is -0.392 e. The summed E-state index contributed by atoms with van der Waals surface area (Å²) in [5.74, 6) is 0. The van der Waals surface area contributed by atoms with Crippen LogP contribution in [0.2, 0.25) is 5.02 Å². The summed E-state index contributed by atoms with van der Waals surface area (Å²) in [5.41, 5.74) is 0.914. The first kappa shape index (κ1) is 9.52. The highest BCUT2D eigenvalue weighted by atomic mass is 35.5. The zero-order valence-electron chi connectivity index (χ0n) is 6.05. The van der Waals surface area contributed by atoms with E-state index in [1.165, 1.54) is 12.1 Å². The van der Waals surface area contributed by atoms with Gasteiger partial charge in [-0.3, -0.25) is 4.79 Å². The lowest BCUT2D eigenvalue weighted by atomic mass is 10.1. The van der Waals surface area contributed by atoms with Gasteiger partial charge in [-0.1, -0.05) is 17.7 Å². The number of aliphatic hydroxyl groups is 1. The molecule has 0 aliphatic rings. The zero-order chi connectivity index (χ0) is 9.14. The van der Waals surface area contributed by atoms with E-state index in [4.69, 9.17) is 28.3 Å². The molecule has 0 aliphatic carbocycles. The van der Waals surface area contributed by atoms with E-state index < -0.39 is 5.24 Å². The Morgan fingerprint density at radius 2 is 2.17 bits per heavy atom. The quantitative estimate of drug-likeness (QED) is 0.751. The van der Waals surface area contributed by atoms with Crippen LogP contribution >= 0.6 is 23.2 Å². The fourth-order valence-electron chi connectivity index (χ4n) is 0.816. The summed E-state index contributed by atoms with van der Waals surface area (Å²) < 4.78 is 0. The Morgan fingerprint density at radius 1 is 1.50 bits per heavy atom. The van der Waals surface area contributed by atoms with Gasteiger partial charge in [0.05, 0.1) is 17.2 Å². The summed E-state index contributed by atoms with van der Waals surface area (Å²) in [6.45, 7) is -0.101. The molecule has 0 heterocycles. The van der Waals surface area contributed by atoms with Crippen LogP contribution in [0.1, 0.15) is 15.9 Å². The van der Waals surface area contributed by atoms with Crippen molar-refractivity contribution in [3.63, 3.8) is 0 Å². The van der Waals surface area contributed by atoms with Crippen molar-refractivity contribution in [2.24, 2.45) is 0 Å². The number of hydrogen-bond donors (Lipinski definition) is 1. The number of halogens is 2. The molecule has 0 amide bonds. The molecule has 2 nitrogen and oxygen atoms in total. The molecule has 1 aromatic rings. The van der Waals surface area contributed by atoms with Crippen LogP contribution < -0.4 is 0 Å². The third-order valence-corrected chi connectivity index (χ3v) is 1.94. The van der Waals surface area contributed by atoms with Gasteiger partial charge >= 0.3 is 0 Å². The highest BCUT2D eigenvalue weighted by Gasteiger charge is 2.06. The molecule has 0 saturated carbocycles. The Morgan fingerprint density at radius 3 is 2.58 bits per heavy atom. The summed E-state index contributed by atoms with van der Waals surface area (Å²) in [7, 11) is 0. The largest absolute Gasteiger partial charge is 0.392 e. The first-order valence-electron chi connectivity index (χ1n) is 3.24. The standard InChI is InChI=1S/C8H6Cl2O2/c9-7-3-5(4-11)1-2-6(7)8(10)12/h1-3,11H,4H2. The maximum atomic E-state index is 10.7. The van der Waals surface area contributed by atoms with Crippen molar-refractivity contribution >= 4 is 28.4 Å². The number of hydrogen-bond acceptors (Lipinski definition) is 2. The van der Waals surface area contributed by atoms with E-state index in [1.54, 1.807) is 6.07 Å². The topological polar surface area (TPSA) is 37.3 Å². The number of benzene rings is 1. The molecular formula is C8H6Cl2O2. The third kappa shape index (κ3) is 1.97. The van der Waals surface area contributed by atoms with Crippen LogP contribution in [0.25, 0.3) is 0 Å². The third-order valence-electron chi connectivity index (χ3n) is 1.43. The summed E-state index contributed by atoms with van der Waals surface area (Å²) in [4.78, 5) is 10.7. The molecule has 0 radical (unpaired) electrons. The molecule has 1 aromatic carbocycles. The van der Waals surface area contributed by atoms with E-state index in [-0.39, 0.29) is 17.2 Å². The van der Waals surface area contributed by atoms with E-state index >= 15 is 0 Å². The van der Waals surface area contributed by atoms with Gasteiger partial charge in [-0.15, -0.1) is 0 Å². The van der Waals surface area contributed by atoms with Gasteiger partial charge in [-0.2, -0.15) is 0 Å². The molecule has 0 aromatic heterocycles. The molecule has 12 heavy (non-hydrogen) atoms. The van der Waals surface area contributed by atoms with Gasteiger partial charge < -0.3 is 5.11 Å². The van der Waals surface area contributed by atoms with Crippen LogP contribution in [0.3, 0.4) is 0 Å². The Hall–Kier alpha value is -0.570. The maximum absolute atomic E-state index is 10.7. The molecule has 0 spiro atoms. The van der Waals surface area contributed by atoms with Gasteiger partial charge in [-0.25, -0.2) is 0 Å². The minimum absolute atomic E-state index is 0.101. The van der Waals surface area contributed by atoms with Gasteiger partial charge in [0.25, 0.3) is 5.24 Å². The summed E-state index contributed by atoms with van der Waals surface area (Å²) in [6.07, 6.45) is 0. The van der Waals surface area contributed by atoms with Gasteiger partial charge in [0, 0.05) is 0 Å². The monoisotopic (exact) mass is 204 g/mol. The molecule has 0 saturated heterocycles. The lowest BCUT2D eigenvalue weighted by Crippen LogP contribution is -1.92. The first-order chi connectivity index (χ1) is 5.65. The predicted octanol–water partition coefficient (Wildman–Crippen LogP) is 2.21. The number of carbonyl (C=O) groups excluding carboxylic acids is 1. The smallest absolute Gasteiger partial charge is 0.253 e. The molecule has 0 bridgehead atoms. The van der Waals surface area contributed by atoms with Crippen molar-refractivity contribution in [2.75, 3.05) is 0 Å². The van der Waals surface area contributed by atoms with Gasteiger partial charge in [0.1, 0.15) is 0 Å². The highest BCUT2D eigenvalue weighted by molar-refractivity contribution is 6.68. The van der Waals surface area contributed by atoms with Crippen molar-refractivity contribution in [1.82, 2.24) is 0 Å². The van der Waals surface area contributed by atoms with Crippen molar-refractivity contribution in [2.45, 2.75) is 6.61 Å². The van der Waals surface area contributed by atoms with Crippen molar-refractivity contribution in [3.05, 3.63) is 34.3 Å². The lowest BCUT2D eigenvalue weighted by Gasteiger charge is -2.00. The molecule has 0 fully saturated rings. The fraction of sp³-hybridized carbons (Fsp3) is 0.125. The van der Waals surface area contributed by atoms with Gasteiger partial charge in [-0.05, 0) is 29.3 Å². The Labute approximate surface area is 79.7 Å². The molecular weight excluding hydrogens is 199 g/mol. The second kappa shape index (κ2) is 3.90. The summed E-state index contributed by atoms with van der Waals surface area (Å²) >= 11 is 10.9. The van der Waals surface area contributed by atoms with Crippen LogP contribution in [-0.2, 0) is 6.61 Å². The SMILES string of the molecule is O=C(Cl)c1ccc(CO)cc1Cl. The van der Waals surface area contributed by atoms with E-state index in [2.05, 4.69) is 0 Å². The van der Waals surface area contributed by atoms with Crippen LogP contribution in [0.15, 0.2) is 18.2 Å². The fourth-order valence-corrected chi connectivity index (χ4v) is 1.32. The van der Waals surface area contributed by atoms with E-state index in [1.807, 2.05) is 0 Å². The summed E-state index contributed by atoms with van der Waals surface area (Å²) in [5, 5.41) is 8.39. The molecule has 64 valence electrons. The summed E-state index contributed by atoms with van der Waals surface area (Å²) in [6, 6.07) is 4.60. The minimum atomic E-state index is -0.593. The molecule has 1 rings (SSSR count). The van der Waals surface area contributed by atoms with Crippen LogP contribution in [0, 0.1) is 0 Å². The Balaban J connectivity index is 3.12. The average molecular weight is 205 g/mol. The maximum Gasteiger partial charge on any atom is 0.253 e. The molecule has 4 heteroatoms. The van der Waals surface area contributed by atoms with Crippen molar-refractivity contribution < 1.29 is 9.90 Å². The Kier molecular flexibility index (Phi) is 3.09. The van der Waals surface area contributed by atoms with Gasteiger partial charge in [0.15, 0.2) is 0 Å². The second-order valence-corrected chi connectivity index (χ2v) is 3.00. The lowest BCUT2D eigenvalue weighted by molar-refractivity contribution is 0.108. The van der Waals surface area contributed by atoms with Crippen LogP contribution in [0.4, 0.5) is 0 Å². The van der Waals surface area contributed by atoms with E-state index in [0.29, 0.717) is 5.56 Å². The second-order valence-electron chi connectivity index (χ2n) is 2.25. The number of rotatable bonds is 2. The molecule has 1 N–H and O–H groups in total. The molecule has 0 aliphatic heterocycles. The zero-order valence-corrected chi connectivity index (χ0v) is 7.56. The Bertz CT molecular complexity index is 310.